The summed E-state index contributed by atoms with van der Waals surface area (Å²) in [5.74, 6) is 1.23. The van der Waals surface area contributed by atoms with Gasteiger partial charge in [0.05, 0.1) is 6.54 Å². The quantitative estimate of drug-likeness (QED) is 0.860. The molecule has 0 bridgehead atoms. The lowest BCUT2D eigenvalue weighted by atomic mass is 9.85. The van der Waals surface area contributed by atoms with Crippen LogP contribution in [0.2, 0.25) is 0 Å². The van der Waals surface area contributed by atoms with Crippen LogP contribution < -0.4 is 11.1 Å². The third-order valence-electron chi connectivity index (χ3n) is 3.13. The van der Waals surface area contributed by atoms with Gasteiger partial charge in [0.25, 0.3) is 0 Å². The zero-order valence-electron chi connectivity index (χ0n) is 11.4. The monoisotopic (exact) mass is 256 g/mol. The minimum Gasteiger partial charge on any atom is -0.384 e. The maximum absolute atomic E-state index is 5.63. The van der Waals surface area contributed by atoms with Crippen molar-refractivity contribution in [2.24, 2.45) is 0 Å². The first-order valence-corrected chi connectivity index (χ1v) is 6.41. The summed E-state index contributed by atoms with van der Waals surface area (Å²) in [6.07, 6.45) is 1.68. The molecule has 0 spiro atoms. The standard InChI is InChI=1S/C15H20N4/c1-15(2,12-6-4-3-5-7-12)11-17-10-14-18-9-8-13(16)19-14/h3-9,17H,10-11H2,1-2H3,(H2,16,18,19). The fourth-order valence-electron chi connectivity index (χ4n) is 1.98. The molecule has 0 saturated carbocycles. The number of nitrogens with two attached hydrogens (primary N) is 1. The van der Waals surface area contributed by atoms with Crippen LogP contribution in [-0.2, 0) is 12.0 Å². The second-order valence-corrected chi connectivity index (χ2v) is 5.25. The highest BCUT2D eigenvalue weighted by Crippen LogP contribution is 2.21. The first-order valence-electron chi connectivity index (χ1n) is 6.41. The van der Waals surface area contributed by atoms with E-state index in [2.05, 4.69) is 53.4 Å². The molecule has 0 fully saturated rings. The Morgan fingerprint density at radius 2 is 1.89 bits per heavy atom. The van der Waals surface area contributed by atoms with Gasteiger partial charge < -0.3 is 11.1 Å². The minimum atomic E-state index is 0.0710. The predicted octanol–water partition coefficient (Wildman–Crippen LogP) is 2.13. The zero-order chi connectivity index (χ0) is 13.7. The van der Waals surface area contributed by atoms with Crippen molar-refractivity contribution in [1.82, 2.24) is 15.3 Å². The Morgan fingerprint density at radius 1 is 1.16 bits per heavy atom. The van der Waals surface area contributed by atoms with Crippen LogP contribution in [0.15, 0.2) is 42.6 Å². The van der Waals surface area contributed by atoms with Gasteiger partial charge in [0.1, 0.15) is 11.6 Å². The summed E-state index contributed by atoms with van der Waals surface area (Å²) in [4.78, 5) is 8.35. The summed E-state index contributed by atoms with van der Waals surface area (Å²) in [5, 5.41) is 3.39. The maximum Gasteiger partial charge on any atom is 0.144 e. The SMILES string of the molecule is CC(C)(CNCc1nccc(N)n1)c1ccccc1. The van der Waals surface area contributed by atoms with Crippen LogP contribution in [0.3, 0.4) is 0 Å². The Balaban J connectivity index is 1.92. The van der Waals surface area contributed by atoms with Gasteiger partial charge in [-0.3, -0.25) is 0 Å². The van der Waals surface area contributed by atoms with Crippen molar-refractivity contribution in [1.29, 1.82) is 0 Å². The maximum atomic E-state index is 5.63. The van der Waals surface area contributed by atoms with Crippen molar-refractivity contribution in [3.8, 4) is 0 Å². The van der Waals surface area contributed by atoms with Gasteiger partial charge in [-0.1, -0.05) is 44.2 Å². The summed E-state index contributed by atoms with van der Waals surface area (Å²) in [6, 6.07) is 12.2. The van der Waals surface area contributed by atoms with Gasteiger partial charge in [-0.25, -0.2) is 9.97 Å². The number of hydrogen-bond donors (Lipinski definition) is 2. The molecule has 0 aliphatic heterocycles. The summed E-state index contributed by atoms with van der Waals surface area (Å²) in [6.45, 7) is 5.92. The molecule has 1 aromatic carbocycles. The van der Waals surface area contributed by atoms with Gasteiger partial charge in [-0.15, -0.1) is 0 Å². The van der Waals surface area contributed by atoms with Gasteiger partial charge >= 0.3 is 0 Å². The van der Waals surface area contributed by atoms with E-state index in [0.717, 1.165) is 12.4 Å². The molecule has 100 valence electrons. The molecule has 4 nitrogen and oxygen atoms in total. The van der Waals surface area contributed by atoms with Gasteiger partial charge in [-0.2, -0.15) is 0 Å². The summed E-state index contributed by atoms with van der Waals surface area (Å²) >= 11 is 0. The number of nitrogens with zero attached hydrogens (tertiary/aromatic N) is 2. The smallest absolute Gasteiger partial charge is 0.144 e. The molecule has 0 saturated heterocycles. The van der Waals surface area contributed by atoms with E-state index in [-0.39, 0.29) is 5.41 Å². The highest BCUT2D eigenvalue weighted by atomic mass is 15.0. The van der Waals surface area contributed by atoms with Gasteiger partial charge in [0, 0.05) is 18.2 Å². The molecule has 0 aliphatic carbocycles. The molecule has 2 aromatic rings. The van der Waals surface area contributed by atoms with Crippen molar-refractivity contribution in [3.05, 3.63) is 54.0 Å². The van der Waals surface area contributed by atoms with Crippen LogP contribution in [-0.4, -0.2) is 16.5 Å². The van der Waals surface area contributed by atoms with Crippen LogP contribution in [0.5, 0.6) is 0 Å². The van der Waals surface area contributed by atoms with E-state index in [9.17, 15) is 0 Å². The van der Waals surface area contributed by atoms with Gasteiger partial charge in [-0.05, 0) is 11.6 Å². The third-order valence-corrected chi connectivity index (χ3v) is 3.13. The molecule has 1 heterocycles. The average molecular weight is 256 g/mol. The highest BCUT2D eigenvalue weighted by molar-refractivity contribution is 5.25. The molecule has 3 N–H and O–H groups in total. The largest absolute Gasteiger partial charge is 0.384 e. The lowest BCUT2D eigenvalue weighted by Gasteiger charge is -2.25. The molecule has 2 rings (SSSR count). The van der Waals surface area contributed by atoms with Crippen molar-refractivity contribution >= 4 is 5.82 Å². The van der Waals surface area contributed by atoms with Crippen molar-refractivity contribution < 1.29 is 0 Å². The second kappa shape index (κ2) is 5.80. The van der Waals surface area contributed by atoms with Crippen molar-refractivity contribution in [2.45, 2.75) is 25.8 Å². The van der Waals surface area contributed by atoms with Gasteiger partial charge in [0.2, 0.25) is 0 Å². The Bertz CT molecular complexity index is 523. The second-order valence-electron chi connectivity index (χ2n) is 5.25. The molecule has 4 heteroatoms. The van der Waals surface area contributed by atoms with Crippen LogP contribution in [0.25, 0.3) is 0 Å². The Hall–Kier alpha value is -1.94. The number of anilines is 1. The van der Waals surface area contributed by atoms with E-state index >= 15 is 0 Å². The van der Waals surface area contributed by atoms with E-state index in [1.165, 1.54) is 5.56 Å². The summed E-state index contributed by atoms with van der Waals surface area (Å²) in [7, 11) is 0. The predicted molar refractivity (Wildman–Crippen MR) is 77.6 cm³/mol. The molecule has 19 heavy (non-hydrogen) atoms. The highest BCUT2D eigenvalue weighted by Gasteiger charge is 2.19. The number of benzene rings is 1. The molecular weight excluding hydrogens is 236 g/mol. The van der Waals surface area contributed by atoms with E-state index in [1.54, 1.807) is 12.3 Å². The van der Waals surface area contributed by atoms with Crippen LogP contribution in [0, 0.1) is 0 Å². The molecule has 0 aliphatic rings. The van der Waals surface area contributed by atoms with E-state index in [0.29, 0.717) is 12.4 Å². The zero-order valence-corrected chi connectivity index (χ0v) is 11.4. The molecule has 0 amide bonds. The lowest BCUT2D eigenvalue weighted by molar-refractivity contribution is 0.464. The van der Waals surface area contributed by atoms with E-state index in [4.69, 9.17) is 5.73 Å². The van der Waals surface area contributed by atoms with Crippen LogP contribution >= 0.6 is 0 Å². The lowest BCUT2D eigenvalue weighted by Crippen LogP contribution is -2.33. The first kappa shape index (κ1) is 13.5. The topological polar surface area (TPSA) is 63.8 Å². The number of aromatic nitrogens is 2. The number of nitrogen functional groups attached to an aromatic ring is 1. The minimum absolute atomic E-state index is 0.0710. The fraction of sp³-hybridized carbons (Fsp3) is 0.333. The van der Waals surface area contributed by atoms with Crippen LogP contribution in [0.4, 0.5) is 5.82 Å². The van der Waals surface area contributed by atoms with E-state index < -0.39 is 0 Å². The Labute approximate surface area is 114 Å². The van der Waals surface area contributed by atoms with Crippen molar-refractivity contribution in [2.75, 3.05) is 12.3 Å². The molecule has 0 atom stereocenters. The molecule has 0 radical (unpaired) electrons. The van der Waals surface area contributed by atoms with Crippen molar-refractivity contribution in [3.63, 3.8) is 0 Å². The van der Waals surface area contributed by atoms with Gasteiger partial charge in [0.15, 0.2) is 0 Å². The average Bonchev–Trinajstić information content (AvgIpc) is 2.40. The number of hydrogen-bond acceptors (Lipinski definition) is 4. The molecule has 0 unspecified atom stereocenters. The number of nitrogens with one attached hydrogen (secondary N) is 1. The number of rotatable bonds is 5. The summed E-state index contributed by atoms with van der Waals surface area (Å²) in [5.41, 5.74) is 7.02. The summed E-state index contributed by atoms with van der Waals surface area (Å²) < 4.78 is 0. The fourth-order valence-corrected chi connectivity index (χ4v) is 1.98. The Kier molecular flexibility index (Phi) is 4.12. The normalized spacial score (nSPS) is 11.5. The van der Waals surface area contributed by atoms with Crippen LogP contribution in [0.1, 0.15) is 25.2 Å². The molecule has 1 aromatic heterocycles. The third kappa shape index (κ3) is 3.76. The Morgan fingerprint density at radius 3 is 2.58 bits per heavy atom. The van der Waals surface area contributed by atoms with E-state index in [1.807, 2.05) is 6.07 Å². The first-order chi connectivity index (χ1) is 9.08. The molecular formula is C15H20N4.